The van der Waals surface area contributed by atoms with Gasteiger partial charge in [-0.1, -0.05) is 0 Å². The summed E-state index contributed by atoms with van der Waals surface area (Å²) in [5, 5.41) is 10.9. The predicted molar refractivity (Wildman–Crippen MR) is 73.4 cm³/mol. The van der Waals surface area contributed by atoms with Crippen LogP contribution in [0.5, 0.6) is 0 Å². The third-order valence-corrected chi connectivity index (χ3v) is 3.30. The molecule has 1 aliphatic rings. The van der Waals surface area contributed by atoms with Crippen LogP contribution in [0.2, 0.25) is 0 Å². The Kier molecular flexibility index (Phi) is 5.41. The van der Waals surface area contributed by atoms with Crippen LogP contribution in [0.1, 0.15) is 23.2 Å². The first-order chi connectivity index (χ1) is 9.04. The molecule has 2 rings (SSSR count). The maximum absolute atomic E-state index is 13.2. The number of carbonyl (C=O) groups is 1. The van der Waals surface area contributed by atoms with Crippen LogP contribution in [0.3, 0.4) is 0 Å². The van der Waals surface area contributed by atoms with E-state index in [1.165, 1.54) is 4.90 Å². The maximum atomic E-state index is 13.2. The maximum Gasteiger partial charge on any atom is 0.282 e. The molecule has 1 heterocycles. The Balaban J connectivity index is 0.00000200. The lowest BCUT2D eigenvalue weighted by molar-refractivity contribution is -0.385. The summed E-state index contributed by atoms with van der Waals surface area (Å²) in [5.74, 6) is -1.20. The quantitative estimate of drug-likeness (QED) is 0.680. The van der Waals surface area contributed by atoms with Crippen LogP contribution < -0.4 is 5.73 Å². The van der Waals surface area contributed by atoms with E-state index in [1.807, 2.05) is 0 Å². The van der Waals surface area contributed by atoms with Crippen LogP contribution in [0.4, 0.5) is 10.1 Å². The molecule has 0 bridgehead atoms. The highest BCUT2D eigenvalue weighted by molar-refractivity contribution is 5.98. The van der Waals surface area contributed by atoms with Gasteiger partial charge in [0.15, 0.2) is 0 Å². The fourth-order valence-corrected chi connectivity index (χ4v) is 2.34. The number of nitrogens with zero attached hydrogens (tertiary/aromatic N) is 2. The topological polar surface area (TPSA) is 89.5 Å². The van der Waals surface area contributed by atoms with Crippen molar-refractivity contribution in [3.63, 3.8) is 0 Å². The Morgan fingerprint density at radius 1 is 1.55 bits per heavy atom. The number of carbonyl (C=O) groups excluding carboxylic acids is 1. The van der Waals surface area contributed by atoms with Crippen molar-refractivity contribution in [1.82, 2.24) is 4.90 Å². The number of hydrogen-bond acceptors (Lipinski definition) is 4. The Bertz CT molecular complexity index is 527. The summed E-state index contributed by atoms with van der Waals surface area (Å²) in [5.41, 5.74) is 4.97. The summed E-state index contributed by atoms with van der Waals surface area (Å²) in [6, 6.07) is 2.76. The molecule has 0 spiro atoms. The molecule has 8 heteroatoms. The lowest BCUT2D eigenvalue weighted by Crippen LogP contribution is -2.40. The van der Waals surface area contributed by atoms with Crippen molar-refractivity contribution in [2.75, 3.05) is 13.1 Å². The molecule has 1 atom stereocenters. The molecule has 0 radical (unpaired) electrons. The van der Waals surface area contributed by atoms with E-state index >= 15 is 0 Å². The van der Waals surface area contributed by atoms with Crippen LogP contribution in [0, 0.1) is 15.9 Å². The minimum atomic E-state index is -0.680. The standard InChI is InChI=1S/C12H14FN3O3.ClH/c13-8-3-4-11(16(18)19)10(6-8)12(17)15-5-1-2-9(15)7-14;/h3-4,6,9H,1-2,5,7,14H2;1H. The average molecular weight is 304 g/mol. The number of hydrogen-bond donors (Lipinski definition) is 1. The zero-order valence-electron chi connectivity index (χ0n) is 10.6. The van der Waals surface area contributed by atoms with Gasteiger partial charge in [-0.2, -0.15) is 0 Å². The largest absolute Gasteiger partial charge is 0.334 e. The molecular weight excluding hydrogens is 289 g/mol. The number of nitro benzene ring substituents is 1. The number of benzene rings is 1. The third kappa shape index (κ3) is 3.05. The number of nitrogens with two attached hydrogens (primary N) is 1. The molecule has 6 nitrogen and oxygen atoms in total. The Morgan fingerprint density at radius 3 is 2.85 bits per heavy atom. The monoisotopic (exact) mass is 303 g/mol. The summed E-state index contributed by atoms with van der Waals surface area (Å²) in [6.45, 7) is 0.795. The lowest BCUT2D eigenvalue weighted by atomic mass is 10.1. The zero-order chi connectivity index (χ0) is 14.0. The molecule has 1 amide bonds. The molecular formula is C12H15ClFN3O3. The van der Waals surface area contributed by atoms with E-state index in [0.717, 1.165) is 31.0 Å². The lowest BCUT2D eigenvalue weighted by Gasteiger charge is -2.23. The second-order valence-corrected chi connectivity index (χ2v) is 4.45. The van der Waals surface area contributed by atoms with Gasteiger partial charge in [-0.15, -0.1) is 12.4 Å². The molecule has 1 aromatic carbocycles. The number of nitro groups is 1. The highest BCUT2D eigenvalue weighted by Crippen LogP contribution is 2.25. The van der Waals surface area contributed by atoms with Crippen molar-refractivity contribution >= 4 is 24.0 Å². The van der Waals surface area contributed by atoms with E-state index in [1.54, 1.807) is 0 Å². The first-order valence-electron chi connectivity index (χ1n) is 5.99. The van der Waals surface area contributed by atoms with Gasteiger partial charge < -0.3 is 10.6 Å². The predicted octanol–water partition coefficient (Wildman–Crippen LogP) is 1.72. The second-order valence-electron chi connectivity index (χ2n) is 4.45. The molecule has 0 saturated carbocycles. The van der Waals surface area contributed by atoms with Gasteiger partial charge in [0, 0.05) is 25.2 Å². The van der Waals surface area contributed by atoms with Crippen molar-refractivity contribution in [2.24, 2.45) is 5.73 Å². The average Bonchev–Trinajstić information content (AvgIpc) is 2.85. The van der Waals surface area contributed by atoms with E-state index in [-0.39, 0.29) is 29.7 Å². The highest BCUT2D eigenvalue weighted by Gasteiger charge is 2.32. The van der Waals surface area contributed by atoms with E-state index in [4.69, 9.17) is 5.73 Å². The van der Waals surface area contributed by atoms with E-state index in [9.17, 15) is 19.3 Å². The number of rotatable bonds is 3. The summed E-state index contributed by atoms with van der Waals surface area (Å²) < 4.78 is 13.2. The van der Waals surface area contributed by atoms with Gasteiger partial charge in [-0.05, 0) is 25.0 Å². The minimum absolute atomic E-state index is 0. The van der Waals surface area contributed by atoms with Crippen molar-refractivity contribution in [2.45, 2.75) is 18.9 Å². The zero-order valence-corrected chi connectivity index (χ0v) is 11.4. The first kappa shape index (κ1) is 16.3. The van der Waals surface area contributed by atoms with Crippen molar-refractivity contribution < 1.29 is 14.1 Å². The molecule has 0 aromatic heterocycles. The Morgan fingerprint density at radius 2 is 2.25 bits per heavy atom. The third-order valence-electron chi connectivity index (χ3n) is 3.30. The van der Waals surface area contributed by atoms with Crippen molar-refractivity contribution in [3.05, 3.63) is 39.7 Å². The Hall–Kier alpha value is -1.73. The van der Waals surface area contributed by atoms with Gasteiger partial charge in [0.25, 0.3) is 11.6 Å². The van der Waals surface area contributed by atoms with Gasteiger partial charge in [0.1, 0.15) is 11.4 Å². The van der Waals surface area contributed by atoms with Gasteiger partial charge in [0.05, 0.1) is 4.92 Å². The normalized spacial score (nSPS) is 17.7. The molecule has 1 aliphatic heterocycles. The molecule has 110 valence electrons. The summed E-state index contributed by atoms with van der Waals surface area (Å²) in [7, 11) is 0. The van der Waals surface area contributed by atoms with Crippen LogP contribution in [0.25, 0.3) is 0 Å². The van der Waals surface area contributed by atoms with Gasteiger partial charge in [-0.25, -0.2) is 4.39 Å². The first-order valence-corrected chi connectivity index (χ1v) is 5.99. The summed E-state index contributed by atoms with van der Waals surface area (Å²) in [6.07, 6.45) is 1.57. The van der Waals surface area contributed by atoms with Gasteiger partial charge >= 0.3 is 0 Å². The highest BCUT2D eigenvalue weighted by atomic mass is 35.5. The SMILES string of the molecule is Cl.NCC1CCCN1C(=O)c1cc(F)ccc1[N+](=O)[O-]. The van der Waals surface area contributed by atoms with Gasteiger partial charge in [0.2, 0.25) is 0 Å². The summed E-state index contributed by atoms with van der Waals surface area (Å²) >= 11 is 0. The smallest absolute Gasteiger partial charge is 0.282 e. The number of amides is 1. The van der Waals surface area contributed by atoms with Crippen LogP contribution >= 0.6 is 12.4 Å². The van der Waals surface area contributed by atoms with Crippen LogP contribution in [-0.2, 0) is 0 Å². The number of likely N-dealkylation sites (tertiary alicyclic amines) is 1. The fraction of sp³-hybridized carbons (Fsp3) is 0.417. The molecule has 1 aromatic rings. The number of halogens is 2. The van der Waals surface area contributed by atoms with Crippen LogP contribution in [-0.4, -0.2) is 34.9 Å². The fourth-order valence-electron chi connectivity index (χ4n) is 2.34. The minimum Gasteiger partial charge on any atom is -0.334 e. The van der Waals surface area contributed by atoms with Crippen molar-refractivity contribution in [1.29, 1.82) is 0 Å². The molecule has 1 fully saturated rings. The molecule has 0 aliphatic carbocycles. The molecule has 1 saturated heterocycles. The molecule has 20 heavy (non-hydrogen) atoms. The van der Waals surface area contributed by atoms with E-state index in [0.29, 0.717) is 13.1 Å². The van der Waals surface area contributed by atoms with Crippen LogP contribution in [0.15, 0.2) is 18.2 Å². The Labute approximate surface area is 121 Å². The van der Waals surface area contributed by atoms with Crippen molar-refractivity contribution in [3.8, 4) is 0 Å². The second kappa shape index (κ2) is 6.62. The van der Waals surface area contributed by atoms with E-state index in [2.05, 4.69) is 0 Å². The summed E-state index contributed by atoms with van der Waals surface area (Å²) in [4.78, 5) is 24.0. The molecule has 2 N–H and O–H groups in total. The van der Waals surface area contributed by atoms with E-state index < -0.39 is 16.6 Å². The molecule has 1 unspecified atom stereocenters. The van der Waals surface area contributed by atoms with Gasteiger partial charge in [-0.3, -0.25) is 14.9 Å².